The van der Waals surface area contributed by atoms with Crippen molar-refractivity contribution in [1.82, 2.24) is 10.6 Å². The van der Waals surface area contributed by atoms with Gasteiger partial charge in [-0.05, 0) is 44.4 Å². The molecule has 4 heteroatoms. The SMILES string of the molecule is O=C(NCCC1CCCN1)C1CCCS1. The highest BCUT2D eigenvalue weighted by atomic mass is 32.2. The van der Waals surface area contributed by atoms with Crippen molar-refractivity contribution >= 4 is 17.7 Å². The van der Waals surface area contributed by atoms with Crippen LogP contribution in [0.3, 0.4) is 0 Å². The second kappa shape index (κ2) is 5.75. The predicted molar refractivity (Wildman–Crippen MR) is 64.1 cm³/mol. The molecule has 0 aliphatic carbocycles. The maximum absolute atomic E-state index is 11.7. The molecule has 2 heterocycles. The molecule has 0 aromatic carbocycles. The van der Waals surface area contributed by atoms with Crippen molar-refractivity contribution in [2.24, 2.45) is 0 Å². The highest BCUT2D eigenvalue weighted by molar-refractivity contribution is 8.00. The molecule has 0 saturated carbocycles. The second-order valence-electron chi connectivity index (χ2n) is 4.37. The van der Waals surface area contributed by atoms with E-state index in [2.05, 4.69) is 10.6 Å². The normalized spacial score (nSPS) is 30.7. The zero-order chi connectivity index (χ0) is 10.5. The summed E-state index contributed by atoms with van der Waals surface area (Å²) < 4.78 is 0. The average molecular weight is 228 g/mol. The van der Waals surface area contributed by atoms with Crippen molar-refractivity contribution in [1.29, 1.82) is 0 Å². The molecule has 2 atom stereocenters. The summed E-state index contributed by atoms with van der Waals surface area (Å²) in [7, 11) is 0. The van der Waals surface area contributed by atoms with E-state index in [1.807, 2.05) is 0 Å². The van der Waals surface area contributed by atoms with E-state index in [0.717, 1.165) is 31.7 Å². The van der Waals surface area contributed by atoms with Gasteiger partial charge in [-0.3, -0.25) is 4.79 Å². The molecule has 0 spiro atoms. The van der Waals surface area contributed by atoms with Crippen LogP contribution in [0.25, 0.3) is 0 Å². The van der Waals surface area contributed by atoms with Gasteiger partial charge in [-0.2, -0.15) is 0 Å². The molecule has 2 saturated heterocycles. The van der Waals surface area contributed by atoms with Gasteiger partial charge >= 0.3 is 0 Å². The van der Waals surface area contributed by atoms with Crippen molar-refractivity contribution in [2.45, 2.75) is 43.4 Å². The van der Waals surface area contributed by atoms with Gasteiger partial charge in [0.2, 0.25) is 5.91 Å². The molecule has 2 unspecified atom stereocenters. The Hall–Kier alpha value is -0.220. The summed E-state index contributed by atoms with van der Waals surface area (Å²) in [5.74, 6) is 1.41. The van der Waals surface area contributed by atoms with Gasteiger partial charge in [0.25, 0.3) is 0 Å². The Morgan fingerprint density at radius 1 is 1.40 bits per heavy atom. The smallest absolute Gasteiger partial charge is 0.233 e. The zero-order valence-electron chi connectivity index (χ0n) is 9.13. The minimum absolute atomic E-state index is 0.238. The largest absolute Gasteiger partial charge is 0.355 e. The summed E-state index contributed by atoms with van der Waals surface area (Å²) in [6.07, 6.45) is 5.92. The first-order chi connectivity index (χ1) is 7.36. The van der Waals surface area contributed by atoms with Crippen LogP contribution in [0.15, 0.2) is 0 Å². The lowest BCUT2D eigenvalue weighted by atomic mass is 10.1. The standard InChI is InChI=1S/C11H20N2OS/c14-11(10-4-2-8-15-10)13-7-5-9-3-1-6-12-9/h9-10,12H,1-8H2,(H,13,14). The molecule has 0 aromatic heterocycles. The van der Waals surface area contributed by atoms with E-state index in [0.29, 0.717) is 6.04 Å². The Balaban J connectivity index is 1.58. The Labute approximate surface area is 95.8 Å². The van der Waals surface area contributed by atoms with Crippen LogP contribution < -0.4 is 10.6 Å². The molecular weight excluding hydrogens is 208 g/mol. The first kappa shape index (κ1) is 11.3. The van der Waals surface area contributed by atoms with Crippen LogP contribution in [0.4, 0.5) is 0 Å². The van der Waals surface area contributed by atoms with Gasteiger partial charge in [0.05, 0.1) is 5.25 Å². The lowest BCUT2D eigenvalue weighted by Crippen LogP contribution is -2.35. The van der Waals surface area contributed by atoms with Gasteiger partial charge in [0.1, 0.15) is 0 Å². The average Bonchev–Trinajstić information content (AvgIpc) is 2.90. The maximum atomic E-state index is 11.7. The molecule has 0 aromatic rings. The van der Waals surface area contributed by atoms with Crippen molar-refractivity contribution in [3.8, 4) is 0 Å². The van der Waals surface area contributed by atoms with E-state index >= 15 is 0 Å². The quantitative estimate of drug-likeness (QED) is 0.758. The third kappa shape index (κ3) is 3.38. The van der Waals surface area contributed by atoms with E-state index in [4.69, 9.17) is 0 Å². The number of rotatable bonds is 4. The summed E-state index contributed by atoms with van der Waals surface area (Å²) >= 11 is 1.81. The van der Waals surface area contributed by atoms with Crippen molar-refractivity contribution in [3.05, 3.63) is 0 Å². The van der Waals surface area contributed by atoms with Gasteiger partial charge in [-0.1, -0.05) is 0 Å². The molecule has 3 nitrogen and oxygen atoms in total. The molecule has 15 heavy (non-hydrogen) atoms. The number of hydrogen-bond donors (Lipinski definition) is 2. The molecule has 2 aliphatic heterocycles. The van der Waals surface area contributed by atoms with E-state index in [9.17, 15) is 4.79 Å². The van der Waals surface area contributed by atoms with Crippen molar-refractivity contribution < 1.29 is 4.79 Å². The van der Waals surface area contributed by atoms with E-state index < -0.39 is 0 Å². The summed E-state index contributed by atoms with van der Waals surface area (Å²) in [6.45, 7) is 1.99. The Morgan fingerprint density at radius 2 is 2.33 bits per heavy atom. The number of thioether (sulfide) groups is 1. The molecule has 2 rings (SSSR count). The number of amides is 1. The van der Waals surface area contributed by atoms with Gasteiger partial charge in [-0.15, -0.1) is 11.8 Å². The van der Waals surface area contributed by atoms with E-state index in [1.165, 1.54) is 19.3 Å². The van der Waals surface area contributed by atoms with Crippen LogP contribution >= 0.6 is 11.8 Å². The molecule has 1 amide bonds. The fraction of sp³-hybridized carbons (Fsp3) is 0.909. The molecule has 86 valence electrons. The first-order valence-electron chi connectivity index (χ1n) is 5.99. The minimum atomic E-state index is 0.238. The van der Waals surface area contributed by atoms with E-state index in [1.54, 1.807) is 11.8 Å². The molecule has 2 aliphatic rings. The first-order valence-corrected chi connectivity index (χ1v) is 7.04. The summed E-state index contributed by atoms with van der Waals surface area (Å²) in [5, 5.41) is 6.73. The lowest BCUT2D eigenvalue weighted by Gasteiger charge is -2.12. The maximum Gasteiger partial charge on any atom is 0.233 e. The van der Waals surface area contributed by atoms with Crippen LogP contribution in [-0.4, -0.2) is 36.0 Å². The highest BCUT2D eigenvalue weighted by Crippen LogP contribution is 2.25. The number of carbonyl (C=O) groups is 1. The van der Waals surface area contributed by atoms with Gasteiger partial charge in [0.15, 0.2) is 0 Å². The Kier molecular flexibility index (Phi) is 4.32. The monoisotopic (exact) mass is 228 g/mol. The lowest BCUT2D eigenvalue weighted by molar-refractivity contribution is -0.120. The fourth-order valence-electron chi connectivity index (χ4n) is 2.27. The summed E-state index contributed by atoms with van der Waals surface area (Å²) in [5.41, 5.74) is 0. The molecule has 2 N–H and O–H groups in total. The van der Waals surface area contributed by atoms with Gasteiger partial charge < -0.3 is 10.6 Å². The van der Waals surface area contributed by atoms with Crippen molar-refractivity contribution in [2.75, 3.05) is 18.8 Å². The molecule has 0 bridgehead atoms. The van der Waals surface area contributed by atoms with Crippen LogP contribution in [-0.2, 0) is 4.79 Å². The molecule has 2 fully saturated rings. The molecule has 0 radical (unpaired) electrons. The van der Waals surface area contributed by atoms with Crippen LogP contribution in [0.1, 0.15) is 32.1 Å². The van der Waals surface area contributed by atoms with Crippen LogP contribution in [0.5, 0.6) is 0 Å². The Bertz CT molecular complexity index is 211. The number of nitrogens with one attached hydrogen (secondary N) is 2. The number of hydrogen-bond acceptors (Lipinski definition) is 3. The summed E-state index contributed by atoms with van der Waals surface area (Å²) in [4.78, 5) is 11.7. The third-order valence-corrected chi connectivity index (χ3v) is 4.55. The van der Waals surface area contributed by atoms with Gasteiger partial charge in [0, 0.05) is 12.6 Å². The zero-order valence-corrected chi connectivity index (χ0v) is 9.94. The minimum Gasteiger partial charge on any atom is -0.355 e. The highest BCUT2D eigenvalue weighted by Gasteiger charge is 2.23. The molecular formula is C11H20N2OS. The van der Waals surface area contributed by atoms with E-state index in [-0.39, 0.29) is 11.2 Å². The van der Waals surface area contributed by atoms with Gasteiger partial charge in [-0.25, -0.2) is 0 Å². The fourth-order valence-corrected chi connectivity index (χ4v) is 3.46. The van der Waals surface area contributed by atoms with Crippen LogP contribution in [0, 0.1) is 0 Å². The number of carbonyl (C=O) groups excluding carboxylic acids is 1. The summed E-state index contributed by atoms with van der Waals surface area (Å²) in [6, 6.07) is 0.640. The topological polar surface area (TPSA) is 41.1 Å². The Morgan fingerprint density at radius 3 is 3.00 bits per heavy atom. The second-order valence-corrected chi connectivity index (χ2v) is 5.69. The van der Waals surface area contributed by atoms with Crippen LogP contribution in [0.2, 0.25) is 0 Å². The van der Waals surface area contributed by atoms with Crippen molar-refractivity contribution in [3.63, 3.8) is 0 Å². The predicted octanol–water partition coefficient (Wildman–Crippen LogP) is 1.14. The third-order valence-electron chi connectivity index (χ3n) is 3.18.